The van der Waals surface area contributed by atoms with Gasteiger partial charge in [-0.3, -0.25) is 4.79 Å². The summed E-state index contributed by atoms with van der Waals surface area (Å²) in [5.41, 5.74) is 1.67. The van der Waals surface area contributed by atoms with Crippen LogP contribution in [0.2, 0.25) is 5.02 Å². The van der Waals surface area contributed by atoms with Crippen LogP contribution >= 0.6 is 11.6 Å². The van der Waals surface area contributed by atoms with E-state index in [2.05, 4.69) is 10.2 Å². The average molecular weight is 387 g/mol. The Morgan fingerprint density at radius 1 is 1.19 bits per heavy atom. The molecule has 142 valence electrons. The summed E-state index contributed by atoms with van der Waals surface area (Å²) in [6.45, 7) is 3.18. The lowest BCUT2D eigenvalue weighted by atomic mass is 9.91. The number of rotatable bonds is 5. The molecule has 4 rings (SSSR count). The molecule has 2 aliphatic heterocycles. The van der Waals surface area contributed by atoms with Gasteiger partial charge in [0.1, 0.15) is 5.60 Å². The van der Waals surface area contributed by atoms with E-state index in [9.17, 15) is 9.90 Å². The van der Waals surface area contributed by atoms with E-state index < -0.39 is 5.60 Å². The molecule has 27 heavy (non-hydrogen) atoms. The zero-order valence-corrected chi connectivity index (χ0v) is 15.8. The zero-order chi connectivity index (χ0) is 18.9. The SMILES string of the molecule is O=C(NCC1CCN(c2ccc(Cl)cc2)C1)c1ccc(C2(O)COC2)cc1. The third-order valence-electron chi connectivity index (χ3n) is 5.40. The van der Waals surface area contributed by atoms with Crippen LogP contribution in [0.3, 0.4) is 0 Å². The molecule has 0 bridgehead atoms. The van der Waals surface area contributed by atoms with Gasteiger partial charge >= 0.3 is 0 Å². The fourth-order valence-corrected chi connectivity index (χ4v) is 3.74. The number of carbonyl (C=O) groups excluding carboxylic acids is 1. The zero-order valence-electron chi connectivity index (χ0n) is 15.0. The molecule has 1 unspecified atom stereocenters. The summed E-state index contributed by atoms with van der Waals surface area (Å²) >= 11 is 5.95. The molecular weight excluding hydrogens is 364 g/mol. The van der Waals surface area contributed by atoms with Crippen molar-refractivity contribution in [2.75, 3.05) is 37.7 Å². The van der Waals surface area contributed by atoms with E-state index in [1.54, 1.807) is 24.3 Å². The maximum atomic E-state index is 12.4. The Morgan fingerprint density at radius 3 is 2.52 bits per heavy atom. The first-order chi connectivity index (χ1) is 13.0. The summed E-state index contributed by atoms with van der Waals surface area (Å²) in [6, 6.07) is 15.0. The smallest absolute Gasteiger partial charge is 0.251 e. The molecule has 0 radical (unpaired) electrons. The number of aliphatic hydroxyl groups is 1. The van der Waals surface area contributed by atoms with Crippen LogP contribution in [0.15, 0.2) is 48.5 Å². The van der Waals surface area contributed by atoms with Crippen molar-refractivity contribution in [1.82, 2.24) is 5.32 Å². The van der Waals surface area contributed by atoms with Gasteiger partial charge in [0, 0.05) is 35.9 Å². The summed E-state index contributed by atoms with van der Waals surface area (Å²) < 4.78 is 5.07. The molecule has 2 saturated heterocycles. The highest BCUT2D eigenvalue weighted by molar-refractivity contribution is 6.30. The van der Waals surface area contributed by atoms with Gasteiger partial charge in [0.15, 0.2) is 0 Å². The normalized spacial score (nSPS) is 21.0. The van der Waals surface area contributed by atoms with Crippen molar-refractivity contribution in [2.45, 2.75) is 12.0 Å². The van der Waals surface area contributed by atoms with Crippen LogP contribution < -0.4 is 10.2 Å². The molecule has 5 nitrogen and oxygen atoms in total. The highest BCUT2D eigenvalue weighted by atomic mass is 35.5. The van der Waals surface area contributed by atoms with Gasteiger partial charge < -0.3 is 20.1 Å². The molecule has 2 aliphatic rings. The second kappa shape index (κ2) is 7.50. The van der Waals surface area contributed by atoms with E-state index >= 15 is 0 Å². The molecule has 0 aliphatic carbocycles. The van der Waals surface area contributed by atoms with E-state index in [4.69, 9.17) is 16.3 Å². The first-order valence-corrected chi connectivity index (χ1v) is 9.61. The maximum absolute atomic E-state index is 12.4. The Bertz CT molecular complexity index is 803. The van der Waals surface area contributed by atoms with Crippen molar-refractivity contribution < 1.29 is 14.6 Å². The van der Waals surface area contributed by atoms with Crippen molar-refractivity contribution in [1.29, 1.82) is 0 Å². The van der Waals surface area contributed by atoms with Gasteiger partial charge in [0.25, 0.3) is 5.91 Å². The van der Waals surface area contributed by atoms with Gasteiger partial charge in [-0.1, -0.05) is 23.7 Å². The van der Waals surface area contributed by atoms with E-state index in [1.165, 1.54) is 5.69 Å². The van der Waals surface area contributed by atoms with Crippen LogP contribution in [0.25, 0.3) is 0 Å². The topological polar surface area (TPSA) is 61.8 Å². The molecule has 2 aromatic carbocycles. The number of carbonyl (C=O) groups is 1. The third-order valence-corrected chi connectivity index (χ3v) is 5.65. The van der Waals surface area contributed by atoms with Crippen molar-refractivity contribution >= 4 is 23.2 Å². The highest BCUT2D eigenvalue weighted by Crippen LogP contribution is 2.29. The number of hydrogen-bond acceptors (Lipinski definition) is 4. The van der Waals surface area contributed by atoms with Gasteiger partial charge in [-0.05, 0) is 54.3 Å². The van der Waals surface area contributed by atoms with Crippen LogP contribution in [0.1, 0.15) is 22.3 Å². The highest BCUT2D eigenvalue weighted by Gasteiger charge is 2.37. The number of nitrogens with one attached hydrogen (secondary N) is 1. The molecule has 1 amide bonds. The second-order valence-electron chi connectivity index (χ2n) is 7.39. The molecular formula is C21H23ClN2O3. The number of amides is 1. The predicted octanol–water partition coefficient (Wildman–Crippen LogP) is 2.81. The van der Waals surface area contributed by atoms with Crippen LogP contribution in [0.5, 0.6) is 0 Å². The minimum Gasteiger partial charge on any atom is -0.380 e. The molecule has 1 atom stereocenters. The van der Waals surface area contributed by atoms with E-state index in [0.29, 0.717) is 31.2 Å². The fourth-order valence-electron chi connectivity index (χ4n) is 3.62. The molecule has 2 N–H and O–H groups in total. The predicted molar refractivity (Wildman–Crippen MR) is 105 cm³/mol. The van der Waals surface area contributed by atoms with E-state index in [0.717, 1.165) is 30.1 Å². The Kier molecular flexibility index (Phi) is 5.08. The Hall–Kier alpha value is -2.08. The first kappa shape index (κ1) is 18.3. The molecule has 0 saturated carbocycles. The number of halogens is 1. The van der Waals surface area contributed by atoms with E-state index in [1.807, 2.05) is 24.3 Å². The molecule has 2 heterocycles. The number of anilines is 1. The Balaban J connectivity index is 1.29. The van der Waals surface area contributed by atoms with Gasteiger partial charge in [-0.25, -0.2) is 0 Å². The van der Waals surface area contributed by atoms with Gasteiger partial charge in [-0.2, -0.15) is 0 Å². The van der Waals surface area contributed by atoms with Crippen molar-refractivity contribution in [2.24, 2.45) is 5.92 Å². The Morgan fingerprint density at radius 2 is 1.89 bits per heavy atom. The van der Waals surface area contributed by atoms with Crippen LogP contribution in [0.4, 0.5) is 5.69 Å². The molecule has 6 heteroatoms. The number of benzene rings is 2. The van der Waals surface area contributed by atoms with Crippen LogP contribution in [-0.2, 0) is 10.3 Å². The lowest BCUT2D eigenvalue weighted by molar-refractivity contribution is -0.184. The molecule has 0 aromatic heterocycles. The number of nitrogens with zero attached hydrogens (tertiary/aromatic N) is 1. The minimum atomic E-state index is -0.899. The largest absolute Gasteiger partial charge is 0.380 e. The fraction of sp³-hybridized carbons (Fsp3) is 0.381. The van der Waals surface area contributed by atoms with Crippen LogP contribution in [0, 0.1) is 5.92 Å². The average Bonchev–Trinajstić information content (AvgIpc) is 3.14. The van der Waals surface area contributed by atoms with Gasteiger partial charge in [0.2, 0.25) is 0 Å². The molecule has 2 aromatic rings. The maximum Gasteiger partial charge on any atom is 0.251 e. The summed E-state index contributed by atoms with van der Waals surface area (Å²) in [5.74, 6) is 0.347. The van der Waals surface area contributed by atoms with E-state index in [-0.39, 0.29) is 5.91 Å². The second-order valence-corrected chi connectivity index (χ2v) is 7.83. The lowest BCUT2D eigenvalue weighted by Crippen LogP contribution is -2.46. The standard InChI is InChI=1S/C21H23ClN2O3/c22-18-5-7-19(8-6-18)24-10-9-15(12-24)11-23-20(25)16-1-3-17(4-2-16)21(26)13-27-14-21/h1-8,15,26H,9-14H2,(H,23,25). The number of hydrogen-bond donors (Lipinski definition) is 2. The van der Waals surface area contributed by atoms with Crippen molar-refractivity contribution in [3.05, 3.63) is 64.7 Å². The first-order valence-electron chi connectivity index (χ1n) is 9.23. The van der Waals surface area contributed by atoms with Crippen molar-refractivity contribution in [3.8, 4) is 0 Å². The lowest BCUT2D eigenvalue weighted by Gasteiger charge is -2.36. The Labute approximate surface area is 163 Å². The summed E-state index contributed by atoms with van der Waals surface area (Å²) in [5, 5.41) is 14.0. The summed E-state index contributed by atoms with van der Waals surface area (Å²) in [4.78, 5) is 14.7. The van der Waals surface area contributed by atoms with Crippen molar-refractivity contribution in [3.63, 3.8) is 0 Å². The van der Waals surface area contributed by atoms with Gasteiger partial charge in [-0.15, -0.1) is 0 Å². The monoisotopic (exact) mass is 386 g/mol. The summed E-state index contributed by atoms with van der Waals surface area (Å²) in [7, 11) is 0. The summed E-state index contributed by atoms with van der Waals surface area (Å²) in [6.07, 6.45) is 1.05. The van der Waals surface area contributed by atoms with Gasteiger partial charge in [0.05, 0.1) is 13.2 Å². The quantitative estimate of drug-likeness (QED) is 0.829. The third kappa shape index (κ3) is 3.95. The molecule has 0 spiro atoms. The minimum absolute atomic E-state index is 0.0802. The number of ether oxygens (including phenoxy) is 1. The molecule has 2 fully saturated rings. The van der Waals surface area contributed by atoms with Crippen LogP contribution in [-0.4, -0.2) is 43.9 Å².